The van der Waals surface area contributed by atoms with Crippen molar-refractivity contribution in [2.75, 3.05) is 0 Å². The summed E-state index contributed by atoms with van der Waals surface area (Å²) in [5.41, 5.74) is 2.92. The van der Waals surface area contributed by atoms with Gasteiger partial charge in [0.25, 0.3) is 0 Å². The molecule has 0 amide bonds. The summed E-state index contributed by atoms with van der Waals surface area (Å²) in [4.78, 5) is 31.3. The van der Waals surface area contributed by atoms with Crippen molar-refractivity contribution in [2.24, 2.45) is 0 Å². The molecule has 2 heterocycles. The molecule has 7 heteroatoms. The van der Waals surface area contributed by atoms with Gasteiger partial charge in [-0.3, -0.25) is 9.36 Å². The fourth-order valence-corrected chi connectivity index (χ4v) is 3.24. The van der Waals surface area contributed by atoms with Crippen molar-refractivity contribution in [3.05, 3.63) is 77.5 Å². The highest BCUT2D eigenvalue weighted by Crippen LogP contribution is 2.26. The predicted molar refractivity (Wildman–Crippen MR) is 106 cm³/mol. The molecule has 144 valence electrons. The van der Waals surface area contributed by atoms with E-state index in [0.717, 1.165) is 12.0 Å². The van der Waals surface area contributed by atoms with Crippen molar-refractivity contribution in [1.82, 2.24) is 14.5 Å². The molecule has 0 aliphatic rings. The van der Waals surface area contributed by atoms with E-state index in [1.165, 1.54) is 30.6 Å². The lowest BCUT2D eigenvalue weighted by Gasteiger charge is -2.08. The molecule has 0 saturated heterocycles. The van der Waals surface area contributed by atoms with E-state index in [0.29, 0.717) is 33.9 Å². The smallest absolute Gasteiger partial charge is 0.335 e. The zero-order valence-electron chi connectivity index (χ0n) is 15.5. The molecule has 0 unspecified atom stereocenters. The van der Waals surface area contributed by atoms with Gasteiger partial charge in [0, 0.05) is 40.7 Å². The minimum absolute atomic E-state index is 0.0874. The lowest BCUT2D eigenvalue weighted by Crippen LogP contribution is -2.01. The maximum atomic E-state index is 14.2. The van der Waals surface area contributed by atoms with Crippen molar-refractivity contribution in [1.29, 1.82) is 0 Å². The van der Waals surface area contributed by atoms with E-state index in [1.54, 1.807) is 29.0 Å². The van der Waals surface area contributed by atoms with Gasteiger partial charge in [-0.15, -0.1) is 0 Å². The van der Waals surface area contributed by atoms with Gasteiger partial charge in [-0.1, -0.05) is 19.1 Å². The lowest BCUT2D eigenvalue weighted by atomic mass is 10.0. The number of hydrogen-bond acceptors (Lipinski definition) is 4. The van der Waals surface area contributed by atoms with E-state index >= 15 is 0 Å². The zero-order chi connectivity index (χ0) is 20.5. The van der Waals surface area contributed by atoms with Crippen LogP contribution in [0.5, 0.6) is 0 Å². The van der Waals surface area contributed by atoms with Crippen LogP contribution in [0.4, 0.5) is 4.39 Å². The Kier molecular flexibility index (Phi) is 4.64. The number of nitrogens with zero attached hydrogens (tertiary/aromatic N) is 3. The molecule has 4 aromatic rings. The monoisotopic (exact) mass is 389 g/mol. The SMILES string of the molecule is CCc1ccc(F)c(-c2cnc(-n3cc(C=O)c4ccc(C(=O)O)cc43)nc2)c1. The molecule has 6 nitrogen and oxygen atoms in total. The highest BCUT2D eigenvalue weighted by molar-refractivity contribution is 6.01. The van der Waals surface area contributed by atoms with E-state index in [-0.39, 0.29) is 17.3 Å². The van der Waals surface area contributed by atoms with Crippen molar-refractivity contribution in [3.63, 3.8) is 0 Å². The number of carboxylic acids is 1. The Labute approximate surface area is 165 Å². The van der Waals surface area contributed by atoms with Crippen molar-refractivity contribution >= 4 is 23.2 Å². The van der Waals surface area contributed by atoms with Crippen molar-refractivity contribution in [3.8, 4) is 17.1 Å². The van der Waals surface area contributed by atoms with Gasteiger partial charge in [0.1, 0.15) is 5.82 Å². The van der Waals surface area contributed by atoms with Gasteiger partial charge in [-0.2, -0.15) is 0 Å². The first-order valence-electron chi connectivity index (χ1n) is 8.96. The summed E-state index contributed by atoms with van der Waals surface area (Å²) in [6.07, 6.45) is 6.04. The van der Waals surface area contributed by atoms with Gasteiger partial charge in [0.2, 0.25) is 5.95 Å². The number of fused-ring (bicyclic) bond motifs is 1. The number of halogens is 1. The number of carbonyl (C=O) groups excluding carboxylic acids is 1. The average molecular weight is 389 g/mol. The van der Waals surface area contributed by atoms with Crippen LogP contribution in [0.1, 0.15) is 33.2 Å². The second-order valence-corrected chi connectivity index (χ2v) is 6.55. The zero-order valence-corrected chi connectivity index (χ0v) is 15.5. The first-order valence-corrected chi connectivity index (χ1v) is 8.96. The standard InChI is InChI=1S/C22H16FN3O3/c1-2-13-3-6-19(23)18(7-13)15-9-24-22(25-10-15)26-11-16(12-27)17-5-4-14(21(28)29)8-20(17)26/h3-12H,2H2,1H3,(H,28,29). The second kappa shape index (κ2) is 7.27. The minimum atomic E-state index is -1.07. The van der Waals surface area contributed by atoms with Gasteiger partial charge in [-0.05, 0) is 36.2 Å². The quantitative estimate of drug-likeness (QED) is 0.515. The molecular weight excluding hydrogens is 373 g/mol. The molecule has 4 rings (SSSR count). The minimum Gasteiger partial charge on any atom is -0.478 e. The molecule has 29 heavy (non-hydrogen) atoms. The summed E-state index contributed by atoms with van der Waals surface area (Å²) < 4.78 is 15.8. The fraction of sp³-hybridized carbons (Fsp3) is 0.0909. The van der Waals surface area contributed by atoms with E-state index in [2.05, 4.69) is 9.97 Å². The molecule has 2 aromatic heterocycles. The Morgan fingerprint density at radius 2 is 1.93 bits per heavy atom. The normalized spacial score (nSPS) is 11.0. The Hall–Kier alpha value is -3.87. The highest BCUT2D eigenvalue weighted by Gasteiger charge is 2.15. The fourth-order valence-electron chi connectivity index (χ4n) is 3.24. The average Bonchev–Trinajstić information content (AvgIpc) is 3.12. The molecular formula is C22H16FN3O3. The Morgan fingerprint density at radius 1 is 1.17 bits per heavy atom. The number of aromatic nitrogens is 3. The van der Waals surface area contributed by atoms with Crippen LogP contribution in [0, 0.1) is 5.82 Å². The van der Waals surface area contributed by atoms with Gasteiger partial charge >= 0.3 is 5.97 Å². The highest BCUT2D eigenvalue weighted by atomic mass is 19.1. The van der Waals surface area contributed by atoms with E-state index in [9.17, 15) is 19.1 Å². The number of aldehydes is 1. The predicted octanol–water partition coefficient (Wildman–Crippen LogP) is 4.30. The van der Waals surface area contributed by atoms with E-state index in [1.807, 2.05) is 6.92 Å². The van der Waals surface area contributed by atoms with Crippen LogP contribution in [-0.2, 0) is 6.42 Å². The number of carboxylic acid groups (broad SMARTS) is 1. The summed E-state index contributed by atoms with van der Waals surface area (Å²) in [6, 6.07) is 9.41. The summed E-state index contributed by atoms with van der Waals surface area (Å²) in [7, 11) is 0. The van der Waals surface area contributed by atoms with Gasteiger partial charge < -0.3 is 5.11 Å². The lowest BCUT2D eigenvalue weighted by molar-refractivity contribution is 0.0697. The summed E-state index contributed by atoms with van der Waals surface area (Å²) >= 11 is 0. The summed E-state index contributed by atoms with van der Waals surface area (Å²) in [6.45, 7) is 1.99. The molecule has 0 radical (unpaired) electrons. The Morgan fingerprint density at radius 3 is 2.59 bits per heavy atom. The maximum Gasteiger partial charge on any atom is 0.335 e. The summed E-state index contributed by atoms with van der Waals surface area (Å²) in [5.74, 6) is -1.18. The molecule has 2 aromatic carbocycles. The first kappa shape index (κ1) is 18.5. The number of carbonyl (C=O) groups is 2. The van der Waals surface area contributed by atoms with Crippen LogP contribution in [0.2, 0.25) is 0 Å². The molecule has 0 bridgehead atoms. The van der Waals surface area contributed by atoms with E-state index in [4.69, 9.17) is 0 Å². The largest absolute Gasteiger partial charge is 0.478 e. The van der Waals surface area contributed by atoms with E-state index < -0.39 is 5.97 Å². The molecule has 0 atom stereocenters. The number of rotatable bonds is 5. The third-order valence-electron chi connectivity index (χ3n) is 4.81. The van der Waals surface area contributed by atoms with Crippen LogP contribution < -0.4 is 0 Å². The Bertz CT molecular complexity index is 1250. The van der Waals surface area contributed by atoms with Gasteiger partial charge in [0.05, 0.1) is 11.1 Å². The van der Waals surface area contributed by atoms with Gasteiger partial charge in [0.15, 0.2) is 6.29 Å². The molecule has 0 aliphatic carbocycles. The van der Waals surface area contributed by atoms with Gasteiger partial charge in [-0.25, -0.2) is 19.2 Å². The van der Waals surface area contributed by atoms with Crippen molar-refractivity contribution in [2.45, 2.75) is 13.3 Å². The number of aryl methyl sites for hydroxylation is 1. The first-order chi connectivity index (χ1) is 14.0. The third kappa shape index (κ3) is 3.27. The number of hydrogen-bond donors (Lipinski definition) is 1. The molecule has 0 fully saturated rings. The molecule has 1 N–H and O–H groups in total. The van der Waals surface area contributed by atoms with Crippen LogP contribution in [0.25, 0.3) is 28.0 Å². The van der Waals surface area contributed by atoms with Crippen LogP contribution in [0.3, 0.4) is 0 Å². The molecule has 0 spiro atoms. The molecule has 0 saturated carbocycles. The third-order valence-corrected chi connectivity index (χ3v) is 4.81. The topological polar surface area (TPSA) is 85.1 Å². The maximum absolute atomic E-state index is 14.2. The summed E-state index contributed by atoms with van der Waals surface area (Å²) in [5, 5.41) is 9.85. The second-order valence-electron chi connectivity index (χ2n) is 6.55. The van der Waals surface area contributed by atoms with Crippen LogP contribution >= 0.6 is 0 Å². The van der Waals surface area contributed by atoms with Crippen molar-refractivity contribution < 1.29 is 19.1 Å². The van der Waals surface area contributed by atoms with Crippen LogP contribution in [0.15, 0.2) is 55.0 Å². The number of aromatic carboxylic acids is 1. The molecule has 0 aliphatic heterocycles. The Balaban J connectivity index is 1.82. The number of benzene rings is 2. The van der Waals surface area contributed by atoms with Crippen LogP contribution in [-0.4, -0.2) is 31.9 Å².